The first-order valence-electron chi connectivity index (χ1n) is 8.28. The molecule has 28 heavy (non-hydrogen) atoms. The van der Waals surface area contributed by atoms with E-state index in [1.54, 1.807) is 18.3 Å². The number of imidazole rings is 1. The molecule has 0 saturated carbocycles. The van der Waals surface area contributed by atoms with Gasteiger partial charge in [0.05, 0.1) is 23.9 Å². The van der Waals surface area contributed by atoms with Crippen LogP contribution in [0, 0.1) is 0 Å². The fourth-order valence-electron chi connectivity index (χ4n) is 3.15. The SMILES string of the molecule is COc1c(C(=O)O)cccc1-c1cc(-c2cnc3ccccn23)sc1C(N)=O. The summed E-state index contributed by atoms with van der Waals surface area (Å²) in [7, 11) is 1.40. The third-order valence-electron chi connectivity index (χ3n) is 4.37. The lowest BCUT2D eigenvalue weighted by atomic mass is 10.0. The maximum atomic E-state index is 12.1. The van der Waals surface area contributed by atoms with E-state index in [9.17, 15) is 14.7 Å². The summed E-state index contributed by atoms with van der Waals surface area (Å²) in [6.45, 7) is 0. The van der Waals surface area contributed by atoms with Crippen LogP contribution in [0.5, 0.6) is 5.75 Å². The van der Waals surface area contributed by atoms with E-state index in [-0.39, 0.29) is 11.3 Å². The first-order chi connectivity index (χ1) is 13.5. The van der Waals surface area contributed by atoms with Crippen LogP contribution in [-0.2, 0) is 0 Å². The number of amides is 1. The van der Waals surface area contributed by atoms with Gasteiger partial charge in [-0.3, -0.25) is 9.20 Å². The number of hydrogen-bond acceptors (Lipinski definition) is 5. The highest BCUT2D eigenvalue weighted by atomic mass is 32.1. The van der Waals surface area contributed by atoms with Gasteiger partial charge in [-0.25, -0.2) is 9.78 Å². The second-order valence-corrected chi connectivity index (χ2v) is 7.03. The second kappa shape index (κ2) is 6.82. The number of primary amides is 1. The number of carbonyl (C=O) groups excluding carboxylic acids is 1. The normalized spacial score (nSPS) is 10.9. The average Bonchev–Trinajstić information content (AvgIpc) is 3.31. The van der Waals surface area contributed by atoms with Gasteiger partial charge in [-0.2, -0.15) is 0 Å². The monoisotopic (exact) mass is 393 g/mol. The Balaban J connectivity index is 1.96. The van der Waals surface area contributed by atoms with Gasteiger partial charge in [0, 0.05) is 17.3 Å². The van der Waals surface area contributed by atoms with Gasteiger partial charge in [-0.15, -0.1) is 11.3 Å². The summed E-state index contributed by atoms with van der Waals surface area (Å²) in [5.74, 6) is -1.53. The summed E-state index contributed by atoms with van der Waals surface area (Å²) < 4.78 is 7.26. The number of carboxylic acid groups (broad SMARTS) is 1. The first-order valence-corrected chi connectivity index (χ1v) is 9.09. The molecule has 1 amide bonds. The Morgan fingerprint density at radius 2 is 2.00 bits per heavy atom. The minimum atomic E-state index is -1.11. The van der Waals surface area contributed by atoms with Crippen molar-refractivity contribution in [2.75, 3.05) is 7.11 Å². The zero-order valence-electron chi connectivity index (χ0n) is 14.7. The Morgan fingerprint density at radius 1 is 1.18 bits per heavy atom. The molecule has 0 spiro atoms. The van der Waals surface area contributed by atoms with Crippen molar-refractivity contribution >= 4 is 28.9 Å². The zero-order chi connectivity index (χ0) is 19.8. The van der Waals surface area contributed by atoms with Crippen molar-refractivity contribution in [1.29, 1.82) is 0 Å². The molecule has 0 unspecified atom stereocenters. The van der Waals surface area contributed by atoms with Gasteiger partial charge in [0.2, 0.25) is 0 Å². The predicted octanol–water partition coefficient (Wildman–Crippen LogP) is 3.54. The van der Waals surface area contributed by atoms with E-state index in [2.05, 4.69) is 4.98 Å². The smallest absolute Gasteiger partial charge is 0.339 e. The van der Waals surface area contributed by atoms with Gasteiger partial charge in [0.25, 0.3) is 5.91 Å². The number of aromatic carboxylic acids is 1. The molecule has 3 N–H and O–H groups in total. The number of para-hydroxylation sites is 1. The lowest BCUT2D eigenvalue weighted by molar-refractivity contribution is 0.0693. The van der Waals surface area contributed by atoms with Crippen LogP contribution in [0.4, 0.5) is 0 Å². The molecule has 4 rings (SSSR count). The number of nitrogens with zero attached hydrogens (tertiary/aromatic N) is 2. The molecule has 7 nitrogen and oxygen atoms in total. The number of carboxylic acids is 1. The molecule has 4 aromatic rings. The number of aromatic nitrogens is 2. The molecule has 3 aromatic heterocycles. The number of methoxy groups -OCH3 is 1. The van der Waals surface area contributed by atoms with Crippen molar-refractivity contribution < 1.29 is 19.4 Å². The number of thiophene rings is 1. The molecule has 0 bridgehead atoms. The van der Waals surface area contributed by atoms with Crippen molar-refractivity contribution in [3.63, 3.8) is 0 Å². The van der Waals surface area contributed by atoms with Crippen molar-refractivity contribution in [3.8, 4) is 27.4 Å². The number of hydrogen-bond donors (Lipinski definition) is 2. The summed E-state index contributed by atoms with van der Waals surface area (Å²) >= 11 is 1.23. The number of carbonyl (C=O) groups is 2. The van der Waals surface area contributed by atoms with Crippen molar-refractivity contribution in [3.05, 3.63) is 65.3 Å². The van der Waals surface area contributed by atoms with Gasteiger partial charge in [0.1, 0.15) is 21.8 Å². The lowest BCUT2D eigenvalue weighted by Crippen LogP contribution is -2.10. The highest BCUT2D eigenvalue weighted by Crippen LogP contribution is 2.42. The molecule has 0 aliphatic heterocycles. The maximum Gasteiger partial charge on any atom is 0.339 e. The topological polar surface area (TPSA) is 107 Å². The Bertz CT molecular complexity index is 1230. The van der Waals surface area contributed by atoms with E-state index in [0.29, 0.717) is 16.0 Å². The van der Waals surface area contributed by atoms with E-state index >= 15 is 0 Å². The molecule has 0 radical (unpaired) electrons. The van der Waals surface area contributed by atoms with Gasteiger partial charge >= 0.3 is 5.97 Å². The van der Waals surface area contributed by atoms with Crippen molar-refractivity contribution in [2.24, 2.45) is 5.73 Å². The average molecular weight is 393 g/mol. The van der Waals surface area contributed by atoms with Crippen LogP contribution < -0.4 is 10.5 Å². The summed E-state index contributed by atoms with van der Waals surface area (Å²) in [5.41, 5.74) is 8.23. The number of benzene rings is 1. The zero-order valence-corrected chi connectivity index (χ0v) is 15.6. The second-order valence-electron chi connectivity index (χ2n) is 5.98. The van der Waals surface area contributed by atoms with Crippen LogP contribution in [0.15, 0.2) is 54.9 Å². The molecule has 1 aromatic carbocycles. The number of ether oxygens (including phenoxy) is 1. The Morgan fingerprint density at radius 3 is 2.71 bits per heavy atom. The molecule has 3 heterocycles. The molecule has 0 atom stereocenters. The largest absolute Gasteiger partial charge is 0.495 e. The van der Waals surface area contributed by atoms with Crippen LogP contribution in [0.25, 0.3) is 27.3 Å². The van der Waals surface area contributed by atoms with E-state index in [1.165, 1.54) is 24.5 Å². The van der Waals surface area contributed by atoms with Crippen LogP contribution in [0.3, 0.4) is 0 Å². The van der Waals surface area contributed by atoms with Crippen LogP contribution in [-0.4, -0.2) is 33.5 Å². The van der Waals surface area contributed by atoms with Crippen molar-refractivity contribution in [1.82, 2.24) is 9.38 Å². The molecule has 8 heteroatoms. The fourth-order valence-corrected chi connectivity index (χ4v) is 4.18. The van der Waals surface area contributed by atoms with E-state index in [1.807, 2.05) is 34.9 Å². The number of pyridine rings is 1. The fraction of sp³-hybridized carbons (Fsp3) is 0.0500. The summed E-state index contributed by atoms with van der Waals surface area (Å²) in [6, 6.07) is 12.2. The quantitative estimate of drug-likeness (QED) is 0.539. The van der Waals surface area contributed by atoms with Gasteiger partial charge in [-0.05, 0) is 24.3 Å². The molecule has 0 aliphatic rings. The summed E-state index contributed by atoms with van der Waals surface area (Å²) in [5, 5.41) is 9.44. The van der Waals surface area contributed by atoms with Gasteiger partial charge in [0.15, 0.2) is 0 Å². The Hall–Kier alpha value is -3.65. The molecule has 0 fully saturated rings. The van der Waals surface area contributed by atoms with Gasteiger partial charge < -0.3 is 15.6 Å². The number of fused-ring (bicyclic) bond motifs is 1. The van der Waals surface area contributed by atoms with Crippen LogP contribution >= 0.6 is 11.3 Å². The van der Waals surface area contributed by atoms with E-state index in [4.69, 9.17) is 10.5 Å². The molecule has 0 saturated heterocycles. The standard InChI is InChI=1S/C20H15N3O4S/c1-27-17-11(5-4-6-12(17)20(25)26)13-9-15(28-18(13)19(21)24)14-10-22-16-7-2-3-8-23(14)16/h2-10H,1H3,(H2,21,24)(H,25,26). The minimum absolute atomic E-state index is 0.0120. The first kappa shape index (κ1) is 17.7. The maximum absolute atomic E-state index is 12.1. The Kier molecular flexibility index (Phi) is 4.32. The molecule has 140 valence electrons. The number of rotatable bonds is 5. The number of nitrogens with two attached hydrogens (primary N) is 1. The third-order valence-corrected chi connectivity index (χ3v) is 5.54. The highest BCUT2D eigenvalue weighted by Gasteiger charge is 2.23. The summed E-state index contributed by atoms with van der Waals surface area (Å²) in [4.78, 5) is 29.1. The highest BCUT2D eigenvalue weighted by molar-refractivity contribution is 7.18. The Labute approximate surface area is 163 Å². The van der Waals surface area contributed by atoms with Gasteiger partial charge in [-0.1, -0.05) is 18.2 Å². The molecule has 0 aliphatic carbocycles. The van der Waals surface area contributed by atoms with E-state index < -0.39 is 11.9 Å². The molecular formula is C20H15N3O4S. The van der Waals surface area contributed by atoms with Crippen molar-refractivity contribution in [2.45, 2.75) is 0 Å². The lowest BCUT2D eigenvalue weighted by Gasteiger charge is -2.11. The predicted molar refractivity (Wildman–Crippen MR) is 106 cm³/mol. The van der Waals surface area contributed by atoms with Crippen LogP contribution in [0.1, 0.15) is 20.0 Å². The minimum Gasteiger partial charge on any atom is -0.495 e. The molecular weight excluding hydrogens is 378 g/mol. The third kappa shape index (κ3) is 2.80. The van der Waals surface area contributed by atoms with E-state index in [0.717, 1.165) is 16.2 Å². The van der Waals surface area contributed by atoms with Crippen LogP contribution in [0.2, 0.25) is 0 Å². The summed E-state index contributed by atoms with van der Waals surface area (Å²) in [6.07, 6.45) is 3.60.